The van der Waals surface area contributed by atoms with E-state index in [2.05, 4.69) is 10.3 Å². The summed E-state index contributed by atoms with van der Waals surface area (Å²) in [6.07, 6.45) is 0. The van der Waals surface area contributed by atoms with Crippen molar-refractivity contribution in [3.05, 3.63) is 34.7 Å². The standard InChI is InChI=1S/C15H20N2O2S/c1-9(2)13-14(18)17-15(20-13)16-10(3)11-7-5-6-8-12(11)19-4/h5-10,18H,1-4H3,(H,16,17)/t10-/m0/s1. The zero-order valence-corrected chi connectivity index (χ0v) is 13.0. The summed E-state index contributed by atoms with van der Waals surface area (Å²) >= 11 is 1.49. The van der Waals surface area contributed by atoms with Crippen LogP contribution in [-0.4, -0.2) is 17.2 Å². The van der Waals surface area contributed by atoms with Crippen LogP contribution in [0.2, 0.25) is 0 Å². The molecule has 2 N–H and O–H groups in total. The van der Waals surface area contributed by atoms with Crippen LogP contribution in [0.5, 0.6) is 11.6 Å². The van der Waals surface area contributed by atoms with Gasteiger partial charge in [0.25, 0.3) is 0 Å². The molecule has 0 radical (unpaired) electrons. The maximum absolute atomic E-state index is 9.82. The Kier molecular flexibility index (Phi) is 4.49. The maximum atomic E-state index is 9.82. The van der Waals surface area contributed by atoms with Gasteiger partial charge in [-0.2, -0.15) is 4.98 Å². The maximum Gasteiger partial charge on any atom is 0.227 e. The Morgan fingerprint density at radius 2 is 1.95 bits per heavy atom. The van der Waals surface area contributed by atoms with E-state index in [0.29, 0.717) is 0 Å². The van der Waals surface area contributed by atoms with E-state index in [9.17, 15) is 5.11 Å². The van der Waals surface area contributed by atoms with Crippen LogP contribution >= 0.6 is 11.3 Å². The highest BCUT2D eigenvalue weighted by Gasteiger charge is 2.16. The van der Waals surface area contributed by atoms with Crippen LogP contribution in [0, 0.1) is 0 Å². The molecule has 0 spiro atoms. The second kappa shape index (κ2) is 6.13. The largest absolute Gasteiger partial charge is 0.496 e. The SMILES string of the molecule is COc1ccccc1[C@H](C)Nc1nc(O)c(C(C)C)s1. The van der Waals surface area contributed by atoms with Crippen molar-refractivity contribution in [2.75, 3.05) is 12.4 Å². The van der Waals surface area contributed by atoms with E-state index in [1.165, 1.54) is 11.3 Å². The number of ether oxygens (including phenoxy) is 1. The second-order valence-corrected chi connectivity index (χ2v) is 6.00. The molecule has 1 heterocycles. The van der Waals surface area contributed by atoms with Crippen molar-refractivity contribution in [2.45, 2.75) is 32.7 Å². The average Bonchev–Trinajstić information content (AvgIpc) is 2.79. The summed E-state index contributed by atoms with van der Waals surface area (Å²) in [5.41, 5.74) is 1.07. The number of aromatic hydroxyl groups is 1. The number of nitrogens with zero attached hydrogens (tertiary/aromatic N) is 1. The summed E-state index contributed by atoms with van der Waals surface area (Å²) in [5.74, 6) is 1.24. The molecule has 0 saturated carbocycles. The van der Waals surface area contributed by atoms with Gasteiger partial charge in [-0.3, -0.25) is 0 Å². The topological polar surface area (TPSA) is 54.4 Å². The van der Waals surface area contributed by atoms with Gasteiger partial charge in [0, 0.05) is 5.56 Å². The Balaban J connectivity index is 2.19. The molecule has 0 unspecified atom stereocenters. The van der Waals surface area contributed by atoms with Crippen molar-refractivity contribution in [2.24, 2.45) is 0 Å². The minimum atomic E-state index is 0.0525. The Morgan fingerprint density at radius 1 is 1.25 bits per heavy atom. The van der Waals surface area contributed by atoms with E-state index in [-0.39, 0.29) is 17.8 Å². The van der Waals surface area contributed by atoms with Crippen molar-refractivity contribution in [1.29, 1.82) is 0 Å². The number of anilines is 1. The van der Waals surface area contributed by atoms with Crippen LogP contribution in [0.1, 0.15) is 43.2 Å². The van der Waals surface area contributed by atoms with Gasteiger partial charge in [-0.15, -0.1) is 0 Å². The number of nitrogens with one attached hydrogen (secondary N) is 1. The minimum absolute atomic E-state index is 0.0525. The summed E-state index contributed by atoms with van der Waals surface area (Å²) in [6, 6.07) is 7.94. The third-order valence-corrected chi connectivity index (χ3v) is 4.38. The monoisotopic (exact) mass is 292 g/mol. The van der Waals surface area contributed by atoms with Gasteiger partial charge < -0.3 is 15.2 Å². The number of hydrogen-bond donors (Lipinski definition) is 2. The molecule has 20 heavy (non-hydrogen) atoms. The lowest BCUT2D eigenvalue weighted by atomic mass is 10.1. The predicted octanol–water partition coefficient (Wildman–Crippen LogP) is 4.15. The predicted molar refractivity (Wildman–Crippen MR) is 82.9 cm³/mol. The summed E-state index contributed by atoms with van der Waals surface area (Å²) in [6.45, 7) is 6.13. The Morgan fingerprint density at radius 3 is 2.55 bits per heavy atom. The van der Waals surface area contributed by atoms with Gasteiger partial charge in [-0.25, -0.2) is 0 Å². The van der Waals surface area contributed by atoms with Gasteiger partial charge in [0.05, 0.1) is 18.0 Å². The van der Waals surface area contributed by atoms with Crippen molar-refractivity contribution in [3.8, 4) is 11.6 Å². The summed E-state index contributed by atoms with van der Waals surface area (Å²) in [4.78, 5) is 5.08. The molecule has 2 aromatic rings. The number of aromatic nitrogens is 1. The van der Waals surface area contributed by atoms with E-state index >= 15 is 0 Å². The molecule has 4 nitrogen and oxygen atoms in total. The first-order chi connectivity index (χ1) is 9.52. The molecule has 5 heteroatoms. The lowest BCUT2D eigenvalue weighted by molar-refractivity contribution is 0.408. The molecule has 108 valence electrons. The van der Waals surface area contributed by atoms with E-state index in [1.807, 2.05) is 45.0 Å². The van der Waals surface area contributed by atoms with Gasteiger partial charge in [-0.05, 0) is 18.9 Å². The van der Waals surface area contributed by atoms with Gasteiger partial charge >= 0.3 is 0 Å². The van der Waals surface area contributed by atoms with Crippen molar-refractivity contribution in [3.63, 3.8) is 0 Å². The Labute approximate surface area is 123 Å². The molecular weight excluding hydrogens is 272 g/mol. The van der Waals surface area contributed by atoms with Gasteiger partial charge in [0.1, 0.15) is 5.75 Å². The first-order valence-corrected chi connectivity index (χ1v) is 7.43. The highest BCUT2D eigenvalue weighted by Crippen LogP contribution is 2.36. The van der Waals surface area contributed by atoms with Crippen molar-refractivity contribution in [1.82, 2.24) is 4.98 Å². The van der Waals surface area contributed by atoms with Crippen molar-refractivity contribution < 1.29 is 9.84 Å². The molecule has 1 atom stereocenters. The normalized spacial score (nSPS) is 12.4. The molecule has 0 aliphatic heterocycles. The van der Waals surface area contributed by atoms with E-state index in [0.717, 1.165) is 21.3 Å². The third-order valence-electron chi connectivity index (χ3n) is 3.10. The van der Waals surface area contributed by atoms with Crippen LogP contribution in [0.3, 0.4) is 0 Å². The first-order valence-electron chi connectivity index (χ1n) is 6.62. The average molecular weight is 292 g/mol. The van der Waals surface area contributed by atoms with E-state index < -0.39 is 0 Å². The van der Waals surface area contributed by atoms with Crippen LogP contribution in [-0.2, 0) is 0 Å². The quantitative estimate of drug-likeness (QED) is 0.869. The zero-order valence-electron chi connectivity index (χ0n) is 12.2. The zero-order chi connectivity index (χ0) is 14.7. The highest BCUT2D eigenvalue weighted by molar-refractivity contribution is 7.16. The van der Waals surface area contributed by atoms with E-state index in [1.54, 1.807) is 7.11 Å². The Hall–Kier alpha value is -1.75. The lowest BCUT2D eigenvalue weighted by Crippen LogP contribution is -2.07. The molecular formula is C15H20N2O2S. The van der Waals surface area contributed by atoms with Crippen LogP contribution in [0.4, 0.5) is 5.13 Å². The fourth-order valence-electron chi connectivity index (χ4n) is 2.05. The molecule has 0 aliphatic carbocycles. The number of benzene rings is 1. The minimum Gasteiger partial charge on any atom is -0.496 e. The van der Waals surface area contributed by atoms with Crippen LogP contribution in [0.15, 0.2) is 24.3 Å². The fraction of sp³-hybridized carbons (Fsp3) is 0.400. The fourth-order valence-corrected chi connectivity index (χ4v) is 3.00. The summed E-state index contributed by atoms with van der Waals surface area (Å²) < 4.78 is 5.36. The smallest absolute Gasteiger partial charge is 0.227 e. The van der Waals surface area contributed by atoms with Crippen molar-refractivity contribution >= 4 is 16.5 Å². The number of thiazole rings is 1. The first kappa shape index (κ1) is 14.7. The second-order valence-electron chi connectivity index (χ2n) is 4.97. The number of hydrogen-bond acceptors (Lipinski definition) is 5. The molecule has 1 aromatic heterocycles. The van der Waals surface area contributed by atoms with E-state index in [4.69, 9.17) is 4.74 Å². The van der Waals surface area contributed by atoms with Crippen LogP contribution < -0.4 is 10.1 Å². The molecule has 0 amide bonds. The summed E-state index contributed by atoms with van der Waals surface area (Å²) in [5, 5.41) is 13.9. The highest BCUT2D eigenvalue weighted by atomic mass is 32.1. The Bertz CT molecular complexity index is 581. The third kappa shape index (κ3) is 3.04. The number of para-hydroxylation sites is 1. The van der Waals surface area contributed by atoms with Gasteiger partial charge in [0.15, 0.2) is 5.13 Å². The number of methoxy groups -OCH3 is 1. The molecule has 0 saturated heterocycles. The van der Waals surface area contributed by atoms with Gasteiger partial charge in [0.2, 0.25) is 5.88 Å². The summed E-state index contributed by atoms with van der Waals surface area (Å²) in [7, 11) is 1.66. The number of rotatable bonds is 5. The lowest BCUT2D eigenvalue weighted by Gasteiger charge is -2.16. The molecule has 0 aliphatic rings. The van der Waals surface area contributed by atoms with Crippen LogP contribution in [0.25, 0.3) is 0 Å². The molecule has 1 aromatic carbocycles. The molecule has 0 bridgehead atoms. The molecule has 0 fully saturated rings. The molecule has 2 rings (SSSR count). The van der Waals surface area contributed by atoms with Gasteiger partial charge in [-0.1, -0.05) is 43.4 Å².